The third-order valence-electron chi connectivity index (χ3n) is 4.06. The van der Waals surface area contributed by atoms with Crippen LogP contribution in [-0.4, -0.2) is 59.6 Å². The molecular weight excluding hydrogens is 326 g/mol. The number of nitrogens with zero attached hydrogens (tertiary/aromatic N) is 4. The molecule has 1 aliphatic rings. The Balaban J connectivity index is 1.62. The molecule has 0 saturated carbocycles. The highest BCUT2D eigenvalue weighted by Crippen LogP contribution is 2.26. The predicted molar refractivity (Wildman–Crippen MR) is 87.4 cm³/mol. The van der Waals surface area contributed by atoms with Crippen LogP contribution in [0.2, 0.25) is 0 Å². The molecule has 1 N–H and O–H groups in total. The maximum absolute atomic E-state index is 12.2. The molecule has 2 aromatic heterocycles. The Kier molecular flexibility index (Phi) is 5.56. The van der Waals surface area contributed by atoms with Crippen LogP contribution < -0.4 is 10.1 Å². The van der Waals surface area contributed by atoms with E-state index in [1.54, 1.807) is 7.11 Å². The zero-order chi connectivity index (χ0) is 17.6. The van der Waals surface area contributed by atoms with E-state index in [1.807, 2.05) is 10.9 Å². The molecule has 1 aliphatic heterocycles. The maximum atomic E-state index is 12.2. The first-order chi connectivity index (χ1) is 12.2. The molecule has 0 bridgehead atoms. The number of hydrogen-bond donors (Lipinski definition) is 1. The minimum Gasteiger partial charge on any atom is -0.494 e. The molecule has 1 amide bonds. The first kappa shape index (κ1) is 17.3. The normalized spacial score (nSPS) is 16.3. The van der Waals surface area contributed by atoms with E-state index in [9.17, 15) is 4.79 Å². The van der Waals surface area contributed by atoms with Gasteiger partial charge in [-0.05, 0) is 0 Å². The van der Waals surface area contributed by atoms with E-state index >= 15 is 0 Å². The van der Waals surface area contributed by atoms with E-state index in [2.05, 4.69) is 20.4 Å². The first-order valence-electron chi connectivity index (χ1n) is 7.98. The largest absolute Gasteiger partial charge is 0.494 e. The van der Waals surface area contributed by atoms with Gasteiger partial charge in [-0.15, -0.1) is 0 Å². The second-order valence-corrected chi connectivity index (χ2v) is 5.63. The Morgan fingerprint density at radius 2 is 2.16 bits per heavy atom. The molecule has 1 atom stereocenters. The fourth-order valence-electron chi connectivity index (χ4n) is 2.68. The monoisotopic (exact) mass is 347 g/mol. The second-order valence-electron chi connectivity index (χ2n) is 5.63. The topological polar surface area (TPSA) is 100 Å². The molecular formula is C16H21N5O4. The zero-order valence-corrected chi connectivity index (χ0v) is 14.3. The molecule has 0 radical (unpaired) electrons. The molecule has 9 nitrogen and oxygen atoms in total. The lowest BCUT2D eigenvalue weighted by atomic mass is 9.98. The Labute approximate surface area is 145 Å². The summed E-state index contributed by atoms with van der Waals surface area (Å²) in [5.41, 5.74) is 2.13. The Morgan fingerprint density at radius 1 is 1.36 bits per heavy atom. The Bertz CT molecular complexity index is 716. The van der Waals surface area contributed by atoms with Crippen molar-refractivity contribution in [3.8, 4) is 5.75 Å². The highest BCUT2D eigenvalue weighted by atomic mass is 16.5. The molecule has 3 heterocycles. The highest BCUT2D eigenvalue weighted by molar-refractivity contribution is 5.90. The van der Waals surface area contributed by atoms with Crippen molar-refractivity contribution in [2.24, 2.45) is 0 Å². The standard InChI is InChI=1S/C16H21N5O4/c1-23-4-3-21-14-10-25-9-11(13(14)8-20-21)5-19-16(22)15-17-6-12(24-2)7-18-15/h6-8,11H,3-5,9-10H2,1-2H3,(H,19,22). The lowest BCUT2D eigenvalue weighted by Crippen LogP contribution is -2.33. The zero-order valence-electron chi connectivity index (χ0n) is 14.3. The lowest BCUT2D eigenvalue weighted by molar-refractivity contribution is 0.0793. The van der Waals surface area contributed by atoms with Gasteiger partial charge in [0.15, 0.2) is 5.75 Å². The van der Waals surface area contributed by atoms with Gasteiger partial charge in [-0.3, -0.25) is 9.48 Å². The van der Waals surface area contributed by atoms with Crippen molar-refractivity contribution in [2.45, 2.75) is 19.1 Å². The number of amides is 1. The summed E-state index contributed by atoms with van der Waals surface area (Å²) in [6.07, 6.45) is 4.77. The fourth-order valence-corrected chi connectivity index (χ4v) is 2.68. The number of carbonyl (C=O) groups excluding carboxylic acids is 1. The van der Waals surface area contributed by atoms with Crippen molar-refractivity contribution in [3.63, 3.8) is 0 Å². The van der Waals surface area contributed by atoms with E-state index in [-0.39, 0.29) is 17.6 Å². The summed E-state index contributed by atoms with van der Waals surface area (Å²) in [5, 5.41) is 7.25. The van der Waals surface area contributed by atoms with Crippen LogP contribution in [0.15, 0.2) is 18.6 Å². The van der Waals surface area contributed by atoms with Gasteiger partial charge in [-0.25, -0.2) is 9.97 Å². The third-order valence-corrected chi connectivity index (χ3v) is 4.06. The molecule has 134 valence electrons. The number of methoxy groups -OCH3 is 2. The molecule has 3 rings (SSSR count). The number of hydrogen-bond acceptors (Lipinski definition) is 7. The minimum absolute atomic E-state index is 0.0437. The number of fused-ring (bicyclic) bond motifs is 1. The molecule has 0 saturated heterocycles. The number of carbonyl (C=O) groups is 1. The van der Waals surface area contributed by atoms with E-state index in [0.29, 0.717) is 38.7 Å². The van der Waals surface area contributed by atoms with Gasteiger partial charge in [0.1, 0.15) is 0 Å². The first-order valence-corrected chi connectivity index (χ1v) is 7.98. The predicted octanol–water partition coefficient (Wildman–Crippen LogP) is 0.372. The van der Waals surface area contributed by atoms with Gasteiger partial charge in [0.2, 0.25) is 5.82 Å². The van der Waals surface area contributed by atoms with E-state index in [0.717, 1.165) is 11.3 Å². The van der Waals surface area contributed by atoms with Crippen molar-refractivity contribution in [2.75, 3.05) is 34.0 Å². The summed E-state index contributed by atoms with van der Waals surface area (Å²) in [5.74, 6) is 0.322. The van der Waals surface area contributed by atoms with Crippen LogP contribution in [-0.2, 0) is 22.6 Å². The molecule has 2 aromatic rings. The number of ether oxygens (including phenoxy) is 3. The van der Waals surface area contributed by atoms with Crippen molar-refractivity contribution in [1.29, 1.82) is 0 Å². The van der Waals surface area contributed by atoms with Gasteiger partial charge in [-0.2, -0.15) is 5.10 Å². The van der Waals surface area contributed by atoms with Crippen molar-refractivity contribution >= 4 is 5.91 Å². The lowest BCUT2D eigenvalue weighted by Gasteiger charge is -2.23. The summed E-state index contributed by atoms with van der Waals surface area (Å²) >= 11 is 0. The van der Waals surface area contributed by atoms with Gasteiger partial charge in [0, 0.05) is 25.1 Å². The molecule has 0 aromatic carbocycles. The summed E-state index contributed by atoms with van der Waals surface area (Å²) < 4.78 is 17.6. The number of rotatable bonds is 7. The summed E-state index contributed by atoms with van der Waals surface area (Å²) in [6.45, 7) is 2.74. The van der Waals surface area contributed by atoms with Gasteiger partial charge < -0.3 is 19.5 Å². The van der Waals surface area contributed by atoms with Gasteiger partial charge in [0.25, 0.3) is 5.91 Å². The van der Waals surface area contributed by atoms with Crippen LogP contribution in [0.25, 0.3) is 0 Å². The Morgan fingerprint density at radius 3 is 2.88 bits per heavy atom. The van der Waals surface area contributed by atoms with Gasteiger partial charge in [0.05, 0.1) is 57.8 Å². The molecule has 0 aliphatic carbocycles. The summed E-state index contributed by atoms with van der Waals surface area (Å²) in [4.78, 5) is 20.2. The maximum Gasteiger partial charge on any atom is 0.289 e. The highest BCUT2D eigenvalue weighted by Gasteiger charge is 2.25. The molecule has 9 heteroatoms. The molecule has 0 spiro atoms. The van der Waals surface area contributed by atoms with E-state index < -0.39 is 0 Å². The number of aromatic nitrogens is 4. The second kappa shape index (κ2) is 8.04. The number of nitrogens with one attached hydrogen (secondary N) is 1. The summed E-state index contributed by atoms with van der Waals surface area (Å²) in [6, 6.07) is 0. The average Bonchev–Trinajstić information content (AvgIpc) is 3.08. The van der Waals surface area contributed by atoms with Crippen molar-refractivity contribution in [1.82, 2.24) is 25.1 Å². The van der Waals surface area contributed by atoms with Crippen LogP contribution in [0.1, 0.15) is 27.8 Å². The molecule has 1 unspecified atom stereocenters. The van der Waals surface area contributed by atoms with E-state index in [1.165, 1.54) is 19.5 Å². The van der Waals surface area contributed by atoms with Crippen LogP contribution in [0.3, 0.4) is 0 Å². The van der Waals surface area contributed by atoms with Crippen LogP contribution in [0.4, 0.5) is 0 Å². The van der Waals surface area contributed by atoms with Crippen LogP contribution in [0, 0.1) is 0 Å². The smallest absolute Gasteiger partial charge is 0.289 e. The SMILES string of the molecule is COCCn1ncc2c1COCC2CNC(=O)c1ncc(OC)cn1. The third kappa shape index (κ3) is 3.94. The summed E-state index contributed by atoms with van der Waals surface area (Å²) in [7, 11) is 3.18. The van der Waals surface area contributed by atoms with Gasteiger partial charge >= 0.3 is 0 Å². The molecule has 0 fully saturated rings. The molecule has 25 heavy (non-hydrogen) atoms. The minimum atomic E-state index is -0.332. The van der Waals surface area contributed by atoms with Gasteiger partial charge in [-0.1, -0.05) is 0 Å². The van der Waals surface area contributed by atoms with Crippen LogP contribution >= 0.6 is 0 Å². The Hall–Kier alpha value is -2.52. The quantitative estimate of drug-likeness (QED) is 0.772. The fraction of sp³-hybridized carbons (Fsp3) is 0.500. The van der Waals surface area contributed by atoms with Crippen molar-refractivity contribution in [3.05, 3.63) is 35.7 Å². The van der Waals surface area contributed by atoms with Crippen LogP contribution in [0.5, 0.6) is 5.75 Å². The van der Waals surface area contributed by atoms with E-state index in [4.69, 9.17) is 14.2 Å². The van der Waals surface area contributed by atoms with Crippen molar-refractivity contribution < 1.29 is 19.0 Å². The average molecular weight is 347 g/mol.